The highest BCUT2D eigenvalue weighted by Crippen LogP contribution is 2.42. The molecule has 1 unspecified atom stereocenters. The van der Waals surface area contributed by atoms with Gasteiger partial charge in [-0.3, -0.25) is 9.59 Å². The van der Waals surface area contributed by atoms with Gasteiger partial charge in [-0.15, -0.1) is 0 Å². The first kappa shape index (κ1) is 26.9. The predicted octanol–water partition coefficient (Wildman–Crippen LogP) is 5.04. The first-order valence-electron chi connectivity index (χ1n) is 12.9. The van der Waals surface area contributed by atoms with Gasteiger partial charge in [0.05, 0.1) is 18.7 Å². The Hall–Kier alpha value is -4.10. The minimum absolute atomic E-state index is 0.0701. The number of aliphatic hydroxyl groups excluding tert-OH is 1. The maximum absolute atomic E-state index is 13.3. The average Bonchev–Trinajstić information content (AvgIpc) is 3.22. The van der Waals surface area contributed by atoms with E-state index < -0.39 is 17.7 Å². The second-order valence-corrected chi connectivity index (χ2v) is 9.07. The fourth-order valence-electron chi connectivity index (χ4n) is 4.71. The molecule has 1 N–H and O–H groups in total. The lowest BCUT2D eigenvalue weighted by molar-refractivity contribution is -0.140. The molecule has 3 aromatic rings. The van der Waals surface area contributed by atoms with E-state index >= 15 is 0 Å². The van der Waals surface area contributed by atoms with Crippen LogP contribution in [0, 0.1) is 0 Å². The van der Waals surface area contributed by atoms with E-state index in [1.165, 1.54) is 0 Å². The highest BCUT2D eigenvalue weighted by molar-refractivity contribution is 6.46. The standard InChI is InChI=1S/C31H34N2O5/c1-4-32(5-2)18-19-33-28(27(30(35)31(33)36)29(34)23-14-10-7-11-15-23)24-16-17-25(26(20-24)37-3)38-21-22-12-8-6-9-13-22/h6-17,20,28,34H,4-5,18-19,21H2,1-3H3. The largest absolute Gasteiger partial charge is 0.507 e. The van der Waals surface area contributed by atoms with Crippen molar-refractivity contribution in [1.82, 2.24) is 9.80 Å². The summed E-state index contributed by atoms with van der Waals surface area (Å²) in [7, 11) is 1.55. The zero-order chi connectivity index (χ0) is 27.1. The summed E-state index contributed by atoms with van der Waals surface area (Å²) < 4.78 is 11.6. The number of likely N-dealkylation sites (N-methyl/N-ethyl adjacent to an activating group) is 1. The van der Waals surface area contributed by atoms with Gasteiger partial charge in [0.15, 0.2) is 11.5 Å². The summed E-state index contributed by atoms with van der Waals surface area (Å²) in [5, 5.41) is 11.2. The fourth-order valence-corrected chi connectivity index (χ4v) is 4.71. The molecule has 0 radical (unpaired) electrons. The van der Waals surface area contributed by atoms with Crippen molar-refractivity contribution in [3.63, 3.8) is 0 Å². The lowest BCUT2D eigenvalue weighted by Gasteiger charge is -2.28. The summed E-state index contributed by atoms with van der Waals surface area (Å²) in [5.74, 6) is -0.485. The number of amides is 1. The number of carbonyl (C=O) groups excluding carboxylic acids is 2. The number of rotatable bonds is 11. The Bertz CT molecular complexity index is 1290. The second-order valence-electron chi connectivity index (χ2n) is 9.07. The normalized spacial score (nSPS) is 16.7. The number of methoxy groups -OCH3 is 1. The molecule has 7 heteroatoms. The first-order valence-corrected chi connectivity index (χ1v) is 12.9. The number of likely N-dealkylation sites (tertiary alicyclic amines) is 1. The molecule has 198 valence electrons. The van der Waals surface area contributed by atoms with E-state index in [1.54, 1.807) is 48.4 Å². The van der Waals surface area contributed by atoms with Crippen molar-refractivity contribution in [3.8, 4) is 11.5 Å². The molecule has 0 aliphatic carbocycles. The van der Waals surface area contributed by atoms with Crippen molar-refractivity contribution in [2.75, 3.05) is 33.3 Å². The van der Waals surface area contributed by atoms with Crippen molar-refractivity contribution in [2.24, 2.45) is 0 Å². The molecule has 1 saturated heterocycles. The topological polar surface area (TPSA) is 79.3 Å². The Morgan fingerprint density at radius 3 is 2.21 bits per heavy atom. The highest BCUT2D eigenvalue weighted by Gasteiger charge is 2.46. The third kappa shape index (κ3) is 5.73. The van der Waals surface area contributed by atoms with Crippen LogP contribution in [0.15, 0.2) is 84.4 Å². The smallest absolute Gasteiger partial charge is 0.295 e. The number of ether oxygens (including phenoxy) is 2. The van der Waals surface area contributed by atoms with E-state index in [9.17, 15) is 14.7 Å². The zero-order valence-electron chi connectivity index (χ0n) is 22.1. The van der Waals surface area contributed by atoms with Crippen LogP contribution in [-0.4, -0.2) is 59.9 Å². The van der Waals surface area contributed by atoms with Crippen LogP contribution in [-0.2, 0) is 16.2 Å². The Kier molecular flexibility index (Phi) is 8.81. The van der Waals surface area contributed by atoms with Gasteiger partial charge in [0.1, 0.15) is 12.4 Å². The average molecular weight is 515 g/mol. The molecule has 1 heterocycles. The van der Waals surface area contributed by atoms with Crippen LogP contribution in [0.25, 0.3) is 5.76 Å². The Labute approximate surface area is 223 Å². The maximum atomic E-state index is 13.3. The van der Waals surface area contributed by atoms with Gasteiger partial charge >= 0.3 is 0 Å². The molecular weight excluding hydrogens is 480 g/mol. The van der Waals surface area contributed by atoms with Gasteiger partial charge in [-0.1, -0.05) is 80.6 Å². The quantitative estimate of drug-likeness (QED) is 0.220. The maximum Gasteiger partial charge on any atom is 0.295 e. The van der Waals surface area contributed by atoms with Crippen molar-refractivity contribution >= 4 is 17.4 Å². The second kappa shape index (κ2) is 12.4. The van der Waals surface area contributed by atoms with Crippen LogP contribution in [0.3, 0.4) is 0 Å². The molecule has 1 atom stereocenters. The molecule has 0 bridgehead atoms. The third-order valence-electron chi connectivity index (χ3n) is 6.88. The molecule has 0 spiro atoms. The summed E-state index contributed by atoms with van der Waals surface area (Å²) >= 11 is 0. The molecule has 4 rings (SSSR count). The third-order valence-corrected chi connectivity index (χ3v) is 6.88. The molecule has 38 heavy (non-hydrogen) atoms. The molecule has 1 aliphatic heterocycles. The van der Waals surface area contributed by atoms with E-state index in [1.807, 2.05) is 42.5 Å². The van der Waals surface area contributed by atoms with Gasteiger partial charge in [-0.05, 0) is 36.3 Å². The lowest BCUT2D eigenvalue weighted by Crippen LogP contribution is -2.38. The van der Waals surface area contributed by atoms with E-state index in [0.717, 1.165) is 18.7 Å². The molecule has 7 nitrogen and oxygen atoms in total. The number of aliphatic hydroxyl groups is 1. The number of hydrogen-bond acceptors (Lipinski definition) is 6. The number of ketones is 1. The highest BCUT2D eigenvalue weighted by atomic mass is 16.5. The van der Waals surface area contributed by atoms with Crippen LogP contribution >= 0.6 is 0 Å². The SMILES string of the molecule is CCN(CC)CCN1C(=O)C(=O)C(=C(O)c2ccccc2)C1c1ccc(OCc2ccccc2)c(OC)c1. The predicted molar refractivity (Wildman–Crippen MR) is 147 cm³/mol. The van der Waals surface area contributed by atoms with Crippen LogP contribution in [0.1, 0.15) is 36.6 Å². The Morgan fingerprint density at radius 1 is 0.921 bits per heavy atom. The van der Waals surface area contributed by atoms with E-state index in [-0.39, 0.29) is 11.3 Å². The number of hydrogen-bond donors (Lipinski definition) is 1. The number of benzene rings is 3. The first-order chi connectivity index (χ1) is 18.5. The Morgan fingerprint density at radius 2 is 1.58 bits per heavy atom. The molecule has 1 amide bonds. The van der Waals surface area contributed by atoms with Crippen molar-refractivity contribution in [2.45, 2.75) is 26.5 Å². The minimum atomic E-state index is -0.761. The zero-order valence-corrected chi connectivity index (χ0v) is 22.1. The van der Waals surface area contributed by atoms with Gasteiger partial charge in [0.2, 0.25) is 0 Å². The summed E-state index contributed by atoms with van der Waals surface area (Å²) in [6, 6.07) is 23.3. The van der Waals surface area contributed by atoms with E-state index in [0.29, 0.717) is 42.3 Å². The van der Waals surface area contributed by atoms with Gasteiger partial charge in [-0.2, -0.15) is 0 Å². The summed E-state index contributed by atoms with van der Waals surface area (Å²) in [6.07, 6.45) is 0. The minimum Gasteiger partial charge on any atom is -0.507 e. The van der Waals surface area contributed by atoms with Crippen LogP contribution < -0.4 is 9.47 Å². The van der Waals surface area contributed by atoms with Crippen LogP contribution in [0.2, 0.25) is 0 Å². The van der Waals surface area contributed by atoms with Crippen LogP contribution in [0.4, 0.5) is 0 Å². The van der Waals surface area contributed by atoms with Gasteiger partial charge in [-0.25, -0.2) is 0 Å². The van der Waals surface area contributed by atoms with Gasteiger partial charge < -0.3 is 24.4 Å². The molecular formula is C31H34N2O5. The number of carbonyl (C=O) groups is 2. The van der Waals surface area contributed by atoms with Crippen molar-refractivity contribution in [3.05, 3.63) is 101 Å². The molecule has 0 saturated carbocycles. The van der Waals surface area contributed by atoms with E-state index in [4.69, 9.17) is 9.47 Å². The number of Topliss-reactive ketones (excluding diaryl/α,β-unsaturated/α-hetero) is 1. The van der Waals surface area contributed by atoms with Crippen LogP contribution in [0.5, 0.6) is 11.5 Å². The Balaban J connectivity index is 1.73. The van der Waals surface area contributed by atoms with E-state index in [2.05, 4.69) is 18.7 Å². The van der Waals surface area contributed by atoms with Crippen molar-refractivity contribution in [1.29, 1.82) is 0 Å². The van der Waals surface area contributed by atoms with Gasteiger partial charge in [0, 0.05) is 18.7 Å². The summed E-state index contributed by atoms with van der Waals surface area (Å²) in [6.45, 7) is 7.10. The summed E-state index contributed by atoms with van der Waals surface area (Å²) in [5.41, 5.74) is 2.23. The fraction of sp³-hybridized carbons (Fsp3) is 0.290. The van der Waals surface area contributed by atoms with Gasteiger partial charge in [0.25, 0.3) is 11.7 Å². The monoisotopic (exact) mass is 514 g/mol. The molecule has 1 aliphatic rings. The molecule has 3 aromatic carbocycles. The van der Waals surface area contributed by atoms with Crippen molar-refractivity contribution < 1.29 is 24.2 Å². The molecule has 1 fully saturated rings. The lowest BCUT2D eigenvalue weighted by atomic mass is 9.95. The number of nitrogens with zero attached hydrogens (tertiary/aromatic N) is 2. The summed E-state index contributed by atoms with van der Waals surface area (Å²) in [4.78, 5) is 30.3. The molecule has 0 aromatic heterocycles.